The van der Waals surface area contributed by atoms with Crippen LogP contribution < -0.4 is 10.6 Å². The lowest BCUT2D eigenvalue weighted by molar-refractivity contribution is 0.262. The molecule has 0 aliphatic carbocycles. The van der Waals surface area contributed by atoms with Gasteiger partial charge in [0.15, 0.2) is 5.82 Å². The van der Waals surface area contributed by atoms with Crippen LogP contribution in [0.2, 0.25) is 0 Å². The number of anilines is 2. The molecule has 0 aliphatic rings. The van der Waals surface area contributed by atoms with E-state index in [4.69, 9.17) is 4.98 Å². The molecule has 0 saturated heterocycles. The lowest BCUT2D eigenvalue weighted by atomic mass is 10.0. The highest BCUT2D eigenvalue weighted by Crippen LogP contribution is 2.39. The first kappa shape index (κ1) is 23.5. The van der Waals surface area contributed by atoms with E-state index < -0.39 is 0 Å². The van der Waals surface area contributed by atoms with Crippen LogP contribution in [0.5, 0.6) is 0 Å². The SMILES string of the molecule is O=C(Nc1ccccc1)Nc1ccc(-n2c(-c3cccs3)nc(-c3ccccc3)c2-c2ccccc2)cc1. The van der Waals surface area contributed by atoms with E-state index in [1.165, 1.54) is 0 Å². The van der Waals surface area contributed by atoms with Gasteiger partial charge in [0.1, 0.15) is 0 Å². The molecule has 0 fully saturated rings. The molecule has 6 heteroatoms. The first-order valence-corrected chi connectivity index (χ1v) is 13.2. The number of hydrogen-bond donors (Lipinski definition) is 2. The van der Waals surface area contributed by atoms with Crippen LogP contribution in [0.25, 0.3) is 38.9 Å². The monoisotopic (exact) mass is 512 g/mol. The Kier molecular flexibility index (Phi) is 6.53. The number of amides is 2. The zero-order chi connectivity index (χ0) is 25.7. The predicted octanol–water partition coefficient (Wildman–Crippen LogP) is 8.58. The Labute approximate surface area is 225 Å². The van der Waals surface area contributed by atoms with Gasteiger partial charge < -0.3 is 10.6 Å². The van der Waals surface area contributed by atoms with Gasteiger partial charge >= 0.3 is 6.03 Å². The Bertz CT molecular complexity index is 1640. The maximum atomic E-state index is 12.5. The molecule has 5 nitrogen and oxygen atoms in total. The lowest BCUT2D eigenvalue weighted by Crippen LogP contribution is -2.19. The summed E-state index contributed by atoms with van der Waals surface area (Å²) < 4.78 is 2.21. The minimum absolute atomic E-state index is 0.290. The largest absolute Gasteiger partial charge is 0.323 e. The number of hydrogen-bond acceptors (Lipinski definition) is 3. The molecule has 184 valence electrons. The Hall–Kier alpha value is -4.94. The third-order valence-electron chi connectivity index (χ3n) is 6.13. The quantitative estimate of drug-likeness (QED) is 0.235. The van der Waals surface area contributed by atoms with Crippen LogP contribution in [0.15, 0.2) is 133 Å². The van der Waals surface area contributed by atoms with E-state index in [-0.39, 0.29) is 6.03 Å². The van der Waals surface area contributed by atoms with Crippen LogP contribution in [0, 0.1) is 0 Å². The number of thiophene rings is 1. The fourth-order valence-corrected chi connectivity index (χ4v) is 5.11. The number of imidazole rings is 1. The van der Waals surface area contributed by atoms with Gasteiger partial charge in [0.2, 0.25) is 0 Å². The van der Waals surface area contributed by atoms with E-state index >= 15 is 0 Å². The standard InChI is InChI=1S/C32H24N4OS/c37-32(33-25-15-8-3-9-16-25)34-26-18-20-27(21-19-26)36-30(24-13-6-2-7-14-24)29(23-11-4-1-5-12-23)35-31(36)28-17-10-22-38-28/h1-22H,(H2,33,34,37). The number of aromatic nitrogens is 2. The molecule has 0 aliphatic heterocycles. The van der Waals surface area contributed by atoms with Crippen molar-refractivity contribution in [2.45, 2.75) is 0 Å². The topological polar surface area (TPSA) is 59.0 Å². The second-order valence-corrected chi connectivity index (χ2v) is 9.62. The summed E-state index contributed by atoms with van der Waals surface area (Å²) in [5.74, 6) is 0.875. The van der Waals surface area contributed by atoms with Gasteiger partial charge in [0.25, 0.3) is 0 Å². The van der Waals surface area contributed by atoms with Crippen molar-refractivity contribution in [3.8, 4) is 38.9 Å². The molecule has 2 aromatic heterocycles. The van der Waals surface area contributed by atoms with Gasteiger partial charge in [-0.3, -0.25) is 4.57 Å². The highest BCUT2D eigenvalue weighted by Gasteiger charge is 2.22. The Morgan fingerprint density at radius 2 is 1.21 bits per heavy atom. The molecule has 0 unspecified atom stereocenters. The maximum absolute atomic E-state index is 12.5. The Morgan fingerprint density at radius 1 is 0.632 bits per heavy atom. The molecule has 0 radical (unpaired) electrons. The van der Waals surface area contributed by atoms with E-state index in [1.807, 2.05) is 97.1 Å². The third kappa shape index (κ3) is 4.85. The first-order valence-electron chi connectivity index (χ1n) is 12.3. The molecule has 2 N–H and O–H groups in total. The molecule has 38 heavy (non-hydrogen) atoms. The molecule has 0 spiro atoms. The van der Waals surface area contributed by atoms with Crippen LogP contribution in [0.1, 0.15) is 0 Å². The van der Waals surface area contributed by atoms with Gasteiger partial charge in [-0.2, -0.15) is 0 Å². The zero-order valence-electron chi connectivity index (χ0n) is 20.4. The number of urea groups is 1. The lowest BCUT2D eigenvalue weighted by Gasteiger charge is -2.14. The van der Waals surface area contributed by atoms with Gasteiger partial charge in [-0.15, -0.1) is 11.3 Å². The number of para-hydroxylation sites is 1. The van der Waals surface area contributed by atoms with E-state index in [0.29, 0.717) is 5.69 Å². The number of nitrogens with one attached hydrogen (secondary N) is 2. The molecule has 0 atom stereocenters. The minimum atomic E-state index is -0.290. The summed E-state index contributed by atoms with van der Waals surface area (Å²) in [4.78, 5) is 18.8. The summed E-state index contributed by atoms with van der Waals surface area (Å²) in [6.45, 7) is 0. The van der Waals surface area contributed by atoms with Gasteiger partial charge in [-0.05, 0) is 47.8 Å². The molecular weight excluding hydrogens is 488 g/mol. The number of benzene rings is 4. The second-order valence-electron chi connectivity index (χ2n) is 8.67. The Morgan fingerprint density at radius 3 is 1.82 bits per heavy atom. The highest BCUT2D eigenvalue weighted by atomic mass is 32.1. The predicted molar refractivity (Wildman–Crippen MR) is 157 cm³/mol. The van der Waals surface area contributed by atoms with Crippen LogP contribution >= 0.6 is 11.3 Å². The molecular formula is C32H24N4OS. The van der Waals surface area contributed by atoms with Gasteiger partial charge in [0, 0.05) is 28.2 Å². The average molecular weight is 513 g/mol. The first-order chi connectivity index (χ1) is 18.8. The Balaban J connectivity index is 1.43. The van der Waals surface area contributed by atoms with Crippen LogP contribution in [-0.4, -0.2) is 15.6 Å². The van der Waals surface area contributed by atoms with Crippen LogP contribution in [-0.2, 0) is 0 Å². The minimum Gasteiger partial charge on any atom is -0.308 e. The number of nitrogens with zero attached hydrogens (tertiary/aromatic N) is 2. The van der Waals surface area contributed by atoms with Crippen molar-refractivity contribution in [3.05, 3.63) is 133 Å². The normalized spacial score (nSPS) is 10.7. The van der Waals surface area contributed by atoms with Gasteiger partial charge in [-0.1, -0.05) is 84.9 Å². The van der Waals surface area contributed by atoms with Crippen molar-refractivity contribution >= 4 is 28.7 Å². The molecule has 0 bridgehead atoms. The van der Waals surface area contributed by atoms with Crippen molar-refractivity contribution < 1.29 is 4.79 Å². The molecule has 2 amide bonds. The van der Waals surface area contributed by atoms with E-state index in [1.54, 1.807) is 11.3 Å². The van der Waals surface area contributed by atoms with E-state index in [2.05, 4.69) is 50.9 Å². The molecule has 6 aromatic rings. The summed E-state index contributed by atoms with van der Waals surface area (Å²) in [5.41, 5.74) is 6.46. The summed E-state index contributed by atoms with van der Waals surface area (Å²) >= 11 is 1.66. The average Bonchev–Trinajstić information content (AvgIpc) is 3.64. The van der Waals surface area contributed by atoms with E-state index in [0.717, 1.165) is 44.6 Å². The summed E-state index contributed by atoms with van der Waals surface area (Å²) in [5, 5.41) is 7.83. The number of rotatable bonds is 6. The smallest absolute Gasteiger partial charge is 0.308 e. The zero-order valence-corrected chi connectivity index (χ0v) is 21.2. The van der Waals surface area contributed by atoms with Crippen molar-refractivity contribution in [1.82, 2.24) is 9.55 Å². The van der Waals surface area contributed by atoms with Crippen molar-refractivity contribution in [3.63, 3.8) is 0 Å². The maximum Gasteiger partial charge on any atom is 0.323 e. The summed E-state index contributed by atoms with van der Waals surface area (Å²) in [6.07, 6.45) is 0. The van der Waals surface area contributed by atoms with Crippen molar-refractivity contribution in [2.75, 3.05) is 10.6 Å². The van der Waals surface area contributed by atoms with Gasteiger partial charge in [0.05, 0.1) is 16.3 Å². The van der Waals surface area contributed by atoms with Gasteiger partial charge in [-0.25, -0.2) is 9.78 Å². The van der Waals surface area contributed by atoms with E-state index in [9.17, 15) is 4.79 Å². The number of carbonyl (C=O) groups excluding carboxylic acids is 1. The highest BCUT2D eigenvalue weighted by molar-refractivity contribution is 7.13. The summed E-state index contributed by atoms with van der Waals surface area (Å²) in [6, 6.07) is 41.7. The fourth-order valence-electron chi connectivity index (χ4n) is 4.41. The summed E-state index contributed by atoms with van der Waals surface area (Å²) in [7, 11) is 0. The third-order valence-corrected chi connectivity index (χ3v) is 6.99. The van der Waals surface area contributed by atoms with Crippen molar-refractivity contribution in [2.24, 2.45) is 0 Å². The molecule has 2 heterocycles. The molecule has 0 saturated carbocycles. The molecule has 6 rings (SSSR count). The second kappa shape index (κ2) is 10.6. The van der Waals surface area contributed by atoms with Crippen LogP contribution in [0.3, 0.4) is 0 Å². The van der Waals surface area contributed by atoms with Crippen LogP contribution in [0.4, 0.5) is 16.2 Å². The molecule has 4 aromatic carbocycles. The van der Waals surface area contributed by atoms with Crippen molar-refractivity contribution in [1.29, 1.82) is 0 Å². The fraction of sp³-hybridized carbons (Fsp3) is 0. The number of carbonyl (C=O) groups is 1.